The van der Waals surface area contributed by atoms with Crippen molar-refractivity contribution in [2.24, 2.45) is 5.10 Å². The van der Waals surface area contributed by atoms with Crippen molar-refractivity contribution in [1.82, 2.24) is 15.2 Å². The highest BCUT2D eigenvalue weighted by Gasteiger charge is 2.16. The Balaban J connectivity index is 1.77. The Morgan fingerprint density at radius 3 is 2.62 bits per heavy atom. The zero-order valence-corrected chi connectivity index (χ0v) is 14.2. The Bertz CT molecular complexity index is 593. The molecule has 0 spiro atoms. The first-order valence-corrected chi connectivity index (χ1v) is 8.22. The number of nitrogens with one attached hydrogen (secondary N) is 1. The highest BCUT2D eigenvalue weighted by atomic mass is 16.3. The van der Waals surface area contributed by atoms with Crippen LogP contribution in [-0.2, 0) is 17.6 Å². The van der Waals surface area contributed by atoms with Crippen molar-refractivity contribution >= 4 is 12.1 Å². The van der Waals surface area contributed by atoms with Crippen LogP contribution in [-0.4, -0.2) is 66.8 Å². The molecule has 0 atom stereocenters. The first-order valence-electron chi connectivity index (χ1n) is 8.22. The van der Waals surface area contributed by atoms with Crippen LogP contribution in [0.5, 0.6) is 5.75 Å². The second-order valence-corrected chi connectivity index (χ2v) is 6.05. The normalized spacial score (nSPS) is 16.4. The standard InChI is InChI=1S/C18H26N4O2/c1-3-5-15-6-4-7-16(18(15)24)8-9-19-20-17(23)14-22-12-10-21(2)11-13-22/h3-4,6-7,9,24H,1,5,8,10-14H2,2H3,(H,20,23)/b19-9+. The topological polar surface area (TPSA) is 68.2 Å². The summed E-state index contributed by atoms with van der Waals surface area (Å²) in [6, 6.07) is 5.61. The molecule has 24 heavy (non-hydrogen) atoms. The quantitative estimate of drug-likeness (QED) is 0.445. The number of rotatable bonds is 7. The maximum Gasteiger partial charge on any atom is 0.254 e. The molecule has 130 valence electrons. The van der Waals surface area contributed by atoms with Crippen LogP contribution in [0, 0.1) is 0 Å². The Morgan fingerprint density at radius 2 is 1.96 bits per heavy atom. The van der Waals surface area contributed by atoms with Crippen molar-refractivity contribution in [3.63, 3.8) is 0 Å². The summed E-state index contributed by atoms with van der Waals surface area (Å²) in [7, 11) is 2.08. The van der Waals surface area contributed by atoms with E-state index in [1.54, 1.807) is 12.3 Å². The second kappa shape index (κ2) is 9.20. The number of allylic oxidation sites excluding steroid dienone is 1. The number of phenolic OH excluding ortho intramolecular Hbond substituents is 1. The fourth-order valence-electron chi connectivity index (χ4n) is 2.64. The Labute approximate surface area is 143 Å². The summed E-state index contributed by atoms with van der Waals surface area (Å²) in [5, 5.41) is 14.1. The van der Waals surface area contributed by atoms with E-state index in [9.17, 15) is 9.90 Å². The minimum Gasteiger partial charge on any atom is -0.507 e. The van der Waals surface area contributed by atoms with Gasteiger partial charge in [0.15, 0.2) is 0 Å². The number of hydrogen-bond donors (Lipinski definition) is 2. The largest absolute Gasteiger partial charge is 0.507 e. The fraction of sp³-hybridized carbons (Fsp3) is 0.444. The lowest BCUT2D eigenvalue weighted by atomic mass is 10.0. The van der Waals surface area contributed by atoms with Gasteiger partial charge in [-0.3, -0.25) is 9.69 Å². The molecule has 0 saturated carbocycles. The molecular formula is C18H26N4O2. The van der Waals surface area contributed by atoms with Crippen LogP contribution in [0.1, 0.15) is 11.1 Å². The molecule has 0 aromatic heterocycles. The van der Waals surface area contributed by atoms with E-state index in [1.165, 1.54) is 0 Å². The maximum atomic E-state index is 11.9. The van der Waals surface area contributed by atoms with Crippen LogP contribution in [0.15, 0.2) is 36.0 Å². The number of carbonyl (C=O) groups is 1. The third-order valence-electron chi connectivity index (χ3n) is 4.12. The first-order chi connectivity index (χ1) is 11.6. The molecule has 1 fully saturated rings. The van der Waals surface area contributed by atoms with Gasteiger partial charge in [-0.25, -0.2) is 5.43 Å². The van der Waals surface area contributed by atoms with Gasteiger partial charge in [0.25, 0.3) is 5.91 Å². The third kappa shape index (κ3) is 5.47. The SMILES string of the molecule is C=CCc1cccc(C/C=N/NC(=O)CN2CCN(C)CC2)c1O. The number of hydrazone groups is 1. The van der Waals surface area contributed by atoms with Gasteiger partial charge in [-0.2, -0.15) is 5.10 Å². The van der Waals surface area contributed by atoms with E-state index in [2.05, 4.69) is 34.0 Å². The monoisotopic (exact) mass is 330 g/mol. The number of likely N-dealkylation sites (N-methyl/N-ethyl adjacent to an activating group) is 1. The lowest BCUT2D eigenvalue weighted by Gasteiger charge is -2.31. The molecule has 1 saturated heterocycles. The van der Waals surface area contributed by atoms with E-state index in [4.69, 9.17) is 0 Å². The van der Waals surface area contributed by atoms with Gasteiger partial charge >= 0.3 is 0 Å². The Kier molecular flexibility index (Phi) is 6.96. The van der Waals surface area contributed by atoms with Crippen LogP contribution < -0.4 is 5.43 Å². The number of carbonyl (C=O) groups excluding carboxylic acids is 1. The molecule has 1 aliphatic rings. The van der Waals surface area contributed by atoms with E-state index < -0.39 is 0 Å². The second-order valence-electron chi connectivity index (χ2n) is 6.05. The van der Waals surface area contributed by atoms with Gasteiger partial charge in [-0.15, -0.1) is 6.58 Å². The summed E-state index contributed by atoms with van der Waals surface area (Å²) < 4.78 is 0. The molecule has 1 heterocycles. The van der Waals surface area contributed by atoms with Gasteiger partial charge in [-0.1, -0.05) is 24.3 Å². The number of benzene rings is 1. The predicted molar refractivity (Wildman–Crippen MR) is 96.3 cm³/mol. The van der Waals surface area contributed by atoms with Crippen molar-refractivity contribution in [2.75, 3.05) is 39.8 Å². The number of amides is 1. The Hall–Kier alpha value is -2.18. The third-order valence-corrected chi connectivity index (χ3v) is 4.12. The smallest absolute Gasteiger partial charge is 0.254 e. The number of aromatic hydroxyl groups is 1. The minimum atomic E-state index is -0.111. The zero-order chi connectivity index (χ0) is 17.4. The molecule has 2 rings (SSSR count). The average Bonchev–Trinajstić information content (AvgIpc) is 2.57. The van der Waals surface area contributed by atoms with Gasteiger partial charge in [-0.05, 0) is 24.6 Å². The predicted octanol–water partition coefficient (Wildman–Crippen LogP) is 1.01. The summed E-state index contributed by atoms with van der Waals surface area (Å²) in [6.45, 7) is 7.82. The van der Waals surface area contributed by atoms with Gasteiger partial charge in [0.2, 0.25) is 0 Å². The van der Waals surface area contributed by atoms with E-state index in [1.807, 2.05) is 18.2 Å². The lowest BCUT2D eigenvalue weighted by molar-refractivity contribution is -0.122. The number of hydrogen-bond acceptors (Lipinski definition) is 5. The minimum absolute atomic E-state index is 0.111. The van der Waals surface area contributed by atoms with Gasteiger partial charge in [0.05, 0.1) is 6.54 Å². The van der Waals surface area contributed by atoms with Gasteiger partial charge < -0.3 is 10.0 Å². The van der Waals surface area contributed by atoms with Crippen molar-refractivity contribution in [1.29, 1.82) is 0 Å². The Morgan fingerprint density at radius 1 is 1.29 bits per heavy atom. The van der Waals surface area contributed by atoms with Crippen molar-refractivity contribution in [2.45, 2.75) is 12.8 Å². The molecule has 1 amide bonds. The highest BCUT2D eigenvalue weighted by Crippen LogP contribution is 2.23. The molecule has 2 N–H and O–H groups in total. The molecule has 1 aromatic rings. The number of piperazine rings is 1. The van der Waals surface area contributed by atoms with Crippen LogP contribution in [0.2, 0.25) is 0 Å². The van der Waals surface area contributed by atoms with Crippen LogP contribution in [0.4, 0.5) is 0 Å². The summed E-state index contributed by atoms with van der Waals surface area (Å²) in [4.78, 5) is 16.2. The molecule has 6 heteroatoms. The van der Waals surface area contributed by atoms with Crippen LogP contribution >= 0.6 is 0 Å². The molecule has 1 aromatic carbocycles. The number of para-hydroxylation sites is 1. The van der Waals surface area contributed by atoms with E-state index in [-0.39, 0.29) is 11.7 Å². The highest BCUT2D eigenvalue weighted by molar-refractivity contribution is 5.79. The van der Waals surface area contributed by atoms with Crippen molar-refractivity contribution in [3.8, 4) is 5.75 Å². The number of nitrogens with zero attached hydrogens (tertiary/aromatic N) is 3. The summed E-state index contributed by atoms with van der Waals surface area (Å²) in [5.41, 5.74) is 4.17. The summed E-state index contributed by atoms with van der Waals surface area (Å²) in [5.74, 6) is 0.160. The zero-order valence-electron chi connectivity index (χ0n) is 14.2. The van der Waals surface area contributed by atoms with Crippen LogP contribution in [0.25, 0.3) is 0 Å². The van der Waals surface area contributed by atoms with E-state index in [0.29, 0.717) is 19.4 Å². The van der Waals surface area contributed by atoms with Crippen LogP contribution in [0.3, 0.4) is 0 Å². The number of phenols is 1. The lowest BCUT2D eigenvalue weighted by Crippen LogP contribution is -2.47. The van der Waals surface area contributed by atoms with Crippen molar-refractivity contribution < 1.29 is 9.90 Å². The molecule has 0 radical (unpaired) electrons. The summed E-state index contributed by atoms with van der Waals surface area (Å²) in [6.07, 6.45) is 4.45. The molecular weight excluding hydrogens is 304 g/mol. The van der Waals surface area contributed by atoms with Crippen molar-refractivity contribution in [3.05, 3.63) is 42.0 Å². The molecule has 1 aliphatic heterocycles. The van der Waals surface area contributed by atoms with Gasteiger partial charge in [0, 0.05) is 38.8 Å². The van der Waals surface area contributed by atoms with Gasteiger partial charge in [0.1, 0.15) is 5.75 Å². The first kappa shape index (κ1) is 18.2. The molecule has 0 aliphatic carbocycles. The molecule has 6 nitrogen and oxygen atoms in total. The fourth-order valence-corrected chi connectivity index (χ4v) is 2.64. The summed E-state index contributed by atoms with van der Waals surface area (Å²) >= 11 is 0. The maximum absolute atomic E-state index is 11.9. The van der Waals surface area contributed by atoms with E-state index in [0.717, 1.165) is 37.3 Å². The molecule has 0 bridgehead atoms. The van der Waals surface area contributed by atoms with E-state index >= 15 is 0 Å². The average molecular weight is 330 g/mol. The molecule has 0 unspecified atom stereocenters.